The number of carbonyl (C=O) groups is 1. The summed E-state index contributed by atoms with van der Waals surface area (Å²) in [5, 5.41) is 7.23. The van der Waals surface area contributed by atoms with Gasteiger partial charge in [0, 0.05) is 18.6 Å². The number of halogens is 1. The van der Waals surface area contributed by atoms with Crippen molar-refractivity contribution in [2.75, 3.05) is 12.4 Å². The van der Waals surface area contributed by atoms with Crippen molar-refractivity contribution in [2.24, 2.45) is 0 Å². The summed E-state index contributed by atoms with van der Waals surface area (Å²) in [6, 6.07) is 7.20. The minimum absolute atomic E-state index is 0.237. The molecule has 0 unspecified atom stereocenters. The van der Waals surface area contributed by atoms with Crippen molar-refractivity contribution < 1.29 is 9.32 Å². The summed E-state index contributed by atoms with van der Waals surface area (Å²) in [6.07, 6.45) is 0. The topological polar surface area (TPSA) is 58.4 Å². The molecule has 106 valence electrons. The molecule has 1 aromatic carbocycles. The first-order valence-corrected chi connectivity index (χ1v) is 6.55. The number of carbonyl (C=O) groups excluding carboxylic acids is 1. The van der Waals surface area contributed by atoms with Gasteiger partial charge in [-0.3, -0.25) is 0 Å². The molecule has 0 saturated heterocycles. The Hall–Kier alpha value is -2.01. The second-order valence-electron chi connectivity index (χ2n) is 4.58. The van der Waals surface area contributed by atoms with Crippen LogP contribution in [0.15, 0.2) is 28.8 Å². The second kappa shape index (κ2) is 5.96. The molecule has 2 rings (SSSR count). The number of hydrogen-bond acceptors (Lipinski definition) is 3. The van der Waals surface area contributed by atoms with E-state index in [-0.39, 0.29) is 6.03 Å². The average molecular weight is 294 g/mol. The predicted octanol–water partition coefficient (Wildman–Crippen LogP) is 3.61. The molecule has 2 aromatic rings. The predicted molar refractivity (Wildman–Crippen MR) is 77.9 cm³/mol. The first-order chi connectivity index (χ1) is 9.49. The smallest absolute Gasteiger partial charge is 0.322 e. The number of rotatable bonds is 3. The molecule has 1 heterocycles. The van der Waals surface area contributed by atoms with Crippen molar-refractivity contribution in [1.29, 1.82) is 0 Å². The fourth-order valence-electron chi connectivity index (χ4n) is 1.82. The summed E-state index contributed by atoms with van der Waals surface area (Å²) < 4.78 is 5.01. The van der Waals surface area contributed by atoms with E-state index in [0.717, 1.165) is 5.56 Å². The Morgan fingerprint density at radius 1 is 1.40 bits per heavy atom. The van der Waals surface area contributed by atoms with Crippen LogP contribution in [0.5, 0.6) is 0 Å². The van der Waals surface area contributed by atoms with Gasteiger partial charge in [0.05, 0.1) is 0 Å². The number of nitrogens with one attached hydrogen (secondary N) is 1. The number of nitrogens with zero attached hydrogens (tertiary/aromatic N) is 2. The first-order valence-electron chi connectivity index (χ1n) is 6.17. The highest BCUT2D eigenvalue weighted by Gasteiger charge is 2.16. The number of benzene rings is 1. The number of aryl methyl sites for hydroxylation is 2. The van der Waals surface area contributed by atoms with Crippen LogP contribution in [0.1, 0.15) is 17.0 Å². The zero-order chi connectivity index (χ0) is 14.7. The number of hydrogen-bond donors (Lipinski definition) is 1. The third-order valence-electron chi connectivity index (χ3n) is 2.98. The lowest BCUT2D eigenvalue weighted by atomic mass is 10.2. The van der Waals surface area contributed by atoms with E-state index in [2.05, 4.69) is 10.5 Å². The fraction of sp³-hybridized carbons (Fsp3) is 0.286. The van der Waals surface area contributed by atoms with Crippen LogP contribution in [0.3, 0.4) is 0 Å². The van der Waals surface area contributed by atoms with Crippen LogP contribution in [0.25, 0.3) is 0 Å². The third-order valence-corrected chi connectivity index (χ3v) is 3.35. The Balaban J connectivity index is 2.05. The molecule has 0 aliphatic heterocycles. The van der Waals surface area contributed by atoms with Gasteiger partial charge in [-0.05, 0) is 25.5 Å². The van der Waals surface area contributed by atoms with E-state index < -0.39 is 0 Å². The maximum absolute atomic E-state index is 12.1. The van der Waals surface area contributed by atoms with Gasteiger partial charge < -0.3 is 14.7 Å². The van der Waals surface area contributed by atoms with Gasteiger partial charge in [0.1, 0.15) is 11.4 Å². The lowest BCUT2D eigenvalue weighted by Gasteiger charge is -2.18. The van der Waals surface area contributed by atoms with Crippen LogP contribution < -0.4 is 5.32 Å². The third kappa shape index (κ3) is 3.11. The molecule has 1 N–H and O–H groups in total. The highest BCUT2D eigenvalue weighted by molar-refractivity contribution is 6.31. The van der Waals surface area contributed by atoms with Crippen LogP contribution in [0, 0.1) is 13.8 Å². The van der Waals surface area contributed by atoms with Crippen LogP contribution in [-0.2, 0) is 6.54 Å². The minimum atomic E-state index is -0.237. The van der Waals surface area contributed by atoms with Crippen molar-refractivity contribution in [3.05, 3.63) is 46.3 Å². The van der Waals surface area contributed by atoms with Crippen molar-refractivity contribution in [3.63, 3.8) is 0 Å². The van der Waals surface area contributed by atoms with Crippen molar-refractivity contribution in [2.45, 2.75) is 20.4 Å². The molecule has 2 amide bonds. The Kier molecular flexibility index (Phi) is 4.29. The maximum Gasteiger partial charge on any atom is 0.322 e. The molecular formula is C14H16ClN3O2. The van der Waals surface area contributed by atoms with Gasteiger partial charge in [0.25, 0.3) is 0 Å². The van der Waals surface area contributed by atoms with Crippen molar-refractivity contribution >= 4 is 23.3 Å². The minimum Gasteiger partial charge on any atom is -0.359 e. The van der Waals surface area contributed by atoms with E-state index in [1.165, 1.54) is 0 Å². The van der Waals surface area contributed by atoms with Crippen LogP contribution in [-0.4, -0.2) is 23.1 Å². The normalized spacial score (nSPS) is 10.4. The molecule has 0 aliphatic carbocycles. The largest absolute Gasteiger partial charge is 0.359 e. The summed E-state index contributed by atoms with van der Waals surface area (Å²) in [5.41, 5.74) is 2.16. The van der Waals surface area contributed by atoms with Crippen LogP contribution >= 0.6 is 11.6 Å². The molecule has 0 fully saturated rings. The van der Waals surface area contributed by atoms with Gasteiger partial charge in [-0.2, -0.15) is 0 Å². The zero-order valence-electron chi connectivity index (χ0n) is 11.6. The molecule has 0 spiro atoms. The molecule has 0 saturated carbocycles. The molecule has 5 nitrogen and oxygen atoms in total. The molecule has 0 bridgehead atoms. The van der Waals surface area contributed by atoms with Crippen LogP contribution in [0.2, 0.25) is 5.02 Å². The Labute approximate surface area is 122 Å². The van der Waals surface area contributed by atoms with Crippen LogP contribution in [0.4, 0.5) is 10.5 Å². The Bertz CT molecular complexity index is 605. The second-order valence-corrected chi connectivity index (χ2v) is 4.98. The number of amides is 2. The zero-order valence-corrected chi connectivity index (χ0v) is 12.4. The van der Waals surface area contributed by atoms with E-state index in [0.29, 0.717) is 28.7 Å². The van der Waals surface area contributed by atoms with E-state index in [1.807, 2.05) is 18.2 Å². The highest BCUT2D eigenvalue weighted by atomic mass is 35.5. The first kappa shape index (κ1) is 14.4. The summed E-state index contributed by atoms with van der Waals surface area (Å²) in [7, 11) is 1.71. The van der Waals surface area contributed by atoms with E-state index in [9.17, 15) is 4.79 Å². The molecule has 1 aromatic heterocycles. The van der Waals surface area contributed by atoms with Gasteiger partial charge >= 0.3 is 6.03 Å². The van der Waals surface area contributed by atoms with E-state index >= 15 is 0 Å². The monoisotopic (exact) mass is 293 g/mol. The number of urea groups is 1. The fourth-order valence-corrected chi connectivity index (χ4v) is 2.01. The molecule has 20 heavy (non-hydrogen) atoms. The summed E-state index contributed by atoms with van der Waals surface area (Å²) in [6.45, 7) is 3.96. The van der Waals surface area contributed by atoms with E-state index in [1.54, 1.807) is 31.9 Å². The SMILES string of the molecule is Cc1noc(C)c1NC(=O)N(C)Cc1ccccc1Cl. The standard InChI is InChI=1S/C14H16ClN3O2/c1-9-13(10(2)20-17-9)16-14(19)18(3)8-11-6-4-5-7-12(11)15/h4-7H,8H2,1-3H3,(H,16,19). The molecule has 0 aliphatic rings. The van der Waals surface area contributed by atoms with Gasteiger partial charge in [-0.1, -0.05) is 35.0 Å². The van der Waals surface area contributed by atoms with E-state index in [4.69, 9.17) is 16.1 Å². The van der Waals surface area contributed by atoms with Crippen molar-refractivity contribution in [1.82, 2.24) is 10.1 Å². The van der Waals surface area contributed by atoms with Crippen molar-refractivity contribution in [3.8, 4) is 0 Å². The lowest BCUT2D eigenvalue weighted by molar-refractivity contribution is 0.220. The van der Waals surface area contributed by atoms with Gasteiger partial charge in [0.15, 0.2) is 5.76 Å². The summed E-state index contributed by atoms with van der Waals surface area (Å²) in [4.78, 5) is 13.7. The molecule has 0 radical (unpaired) electrons. The Morgan fingerprint density at radius 3 is 2.70 bits per heavy atom. The quantitative estimate of drug-likeness (QED) is 0.940. The number of aromatic nitrogens is 1. The Morgan fingerprint density at radius 2 is 2.10 bits per heavy atom. The average Bonchev–Trinajstić information content (AvgIpc) is 2.73. The van der Waals surface area contributed by atoms with Gasteiger partial charge in [-0.15, -0.1) is 0 Å². The molecule has 0 atom stereocenters. The van der Waals surface area contributed by atoms with Gasteiger partial charge in [0.2, 0.25) is 0 Å². The summed E-state index contributed by atoms with van der Waals surface area (Å²) in [5.74, 6) is 0.585. The molecular weight excluding hydrogens is 278 g/mol. The summed E-state index contributed by atoms with van der Waals surface area (Å²) >= 11 is 6.08. The number of anilines is 1. The highest BCUT2D eigenvalue weighted by Crippen LogP contribution is 2.20. The maximum atomic E-state index is 12.1. The lowest BCUT2D eigenvalue weighted by Crippen LogP contribution is -2.31. The van der Waals surface area contributed by atoms with Gasteiger partial charge in [-0.25, -0.2) is 4.79 Å². The molecule has 6 heteroatoms.